The highest BCUT2D eigenvalue weighted by molar-refractivity contribution is 5.72. The minimum Gasteiger partial charge on any atom is -0.490 e. The van der Waals surface area contributed by atoms with Crippen LogP contribution in [0.5, 0.6) is 5.75 Å². The second-order valence-electron chi connectivity index (χ2n) is 11.2. The number of carbonyl (C=O) groups is 1. The van der Waals surface area contributed by atoms with Gasteiger partial charge in [-0.15, -0.1) is 0 Å². The number of nitrogens with zero attached hydrogens (tertiary/aromatic N) is 1. The molecule has 0 saturated carbocycles. The van der Waals surface area contributed by atoms with Gasteiger partial charge in [-0.05, 0) is 31.4 Å². The first-order valence-electron chi connectivity index (χ1n) is 14.6. The Morgan fingerprint density at radius 3 is 2.05 bits per heavy atom. The van der Waals surface area contributed by atoms with Gasteiger partial charge in [0.05, 0.1) is 20.6 Å². The van der Waals surface area contributed by atoms with Crippen molar-refractivity contribution in [3.05, 3.63) is 65.7 Å². The zero-order chi connectivity index (χ0) is 26.8. The Morgan fingerprint density at radius 1 is 0.784 bits per heavy atom. The largest absolute Gasteiger partial charge is 0.490 e. The van der Waals surface area contributed by atoms with Crippen molar-refractivity contribution in [2.75, 3.05) is 33.9 Å². The monoisotopic (exact) mass is 510 g/mol. The molecule has 0 saturated heterocycles. The average Bonchev–Trinajstić information content (AvgIpc) is 2.88. The number of ether oxygens (including phenoxy) is 2. The Hall–Kier alpha value is -2.33. The highest BCUT2D eigenvalue weighted by atomic mass is 16.6. The highest BCUT2D eigenvalue weighted by Gasteiger charge is 2.25. The van der Waals surface area contributed by atoms with Crippen molar-refractivity contribution in [1.82, 2.24) is 0 Å². The normalized spacial score (nSPS) is 12.3. The van der Waals surface area contributed by atoms with Crippen LogP contribution in [0.1, 0.15) is 89.2 Å². The standard InChI is InChI=1S/C33H52NO3/c1-5-6-7-8-9-10-11-12-13-17-22-31-23-18-19-24-32(31)36-25-26-37-33(35)29(2)27-34(3,4)28-30-20-15-14-16-21-30/h14-16,18-21,23-24,29H,5-13,17,22,25-28H2,1-4H3/q+1. The number of hydrogen-bond donors (Lipinski definition) is 0. The molecule has 0 aliphatic carbocycles. The van der Waals surface area contributed by atoms with Crippen molar-refractivity contribution in [1.29, 1.82) is 0 Å². The summed E-state index contributed by atoms with van der Waals surface area (Å²) >= 11 is 0. The van der Waals surface area contributed by atoms with Crippen molar-refractivity contribution in [2.24, 2.45) is 5.92 Å². The summed E-state index contributed by atoms with van der Waals surface area (Å²) in [5.74, 6) is 0.604. The number of unbranched alkanes of at least 4 members (excludes halogenated alkanes) is 9. The van der Waals surface area contributed by atoms with Crippen LogP contribution in [-0.4, -0.2) is 44.3 Å². The zero-order valence-corrected chi connectivity index (χ0v) is 24.1. The molecule has 2 aromatic rings. The number of hydrogen-bond acceptors (Lipinski definition) is 3. The lowest BCUT2D eigenvalue weighted by atomic mass is 10.0. The maximum absolute atomic E-state index is 12.6. The third-order valence-electron chi connectivity index (χ3n) is 6.98. The molecule has 0 spiro atoms. The van der Waals surface area contributed by atoms with Crippen molar-refractivity contribution >= 4 is 5.97 Å². The molecule has 0 heterocycles. The molecule has 206 valence electrons. The fourth-order valence-electron chi connectivity index (χ4n) is 5.05. The van der Waals surface area contributed by atoms with E-state index in [-0.39, 0.29) is 18.5 Å². The molecule has 4 nitrogen and oxygen atoms in total. The Labute approximate surface area is 227 Å². The van der Waals surface area contributed by atoms with E-state index < -0.39 is 0 Å². The number of quaternary nitrogens is 1. The van der Waals surface area contributed by atoms with Gasteiger partial charge in [0.2, 0.25) is 0 Å². The van der Waals surface area contributed by atoms with Gasteiger partial charge < -0.3 is 14.0 Å². The number of aryl methyl sites for hydroxylation is 1. The van der Waals surface area contributed by atoms with E-state index in [1.165, 1.54) is 75.3 Å². The molecule has 0 aliphatic heterocycles. The molecule has 0 aliphatic rings. The summed E-state index contributed by atoms with van der Waals surface area (Å²) in [6.07, 6.45) is 14.5. The Bertz CT molecular complexity index is 865. The summed E-state index contributed by atoms with van der Waals surface area (Å²) in [4.78, 5) is 12.6. The number of rotatable bonds is 20. The molecule has 0 radical (unpaired) electrons. The molecule has 2 aromatic carbocycles. The molecule has 0 N–H and O–H groups in total. The lowest BCUT2D eigenvalue weighted by Gasteiger charge is -2.31. The first kappa shape index (κ1) is 30.9. The fraction of sp³-hybridized carbons (Fsp3) is 0.606. The quantitative estimate of drug-likeness (QED) is 0.103. The fourth-order valence-corrected chi connectivity index (χ4v) is 5.05. The van der Waals surface area contributed by atoms with Crippen LogP contribution in [0.15, 0.2) is 54.6 Å². The van der Waals surface area contributed by atoms with Gasteiger partial charge in [0.25, 0.3) is 0 Å². The van der Waals surface area contributed by atoms with Gasteiger partial charge in [0, 0.05) is 5.56 Å². The molecule has 0 aromatic heterocycles. The molecule has 1 unspecified atom stereocenters. The minimum atomic E-state index is -0.165. The SMILES string of the molecule is CCCCCCCCCCCCc1ccccc1OCCOC(=O)C(C)C[N+](C)(C)Cc1ccccc1. The van der Waals surface area contributed by atoms with E-state index in [9.17, 15) is 4.79 Å². The van der Waals surface area contributed by atoms with Crippen molar-refractivity contribution in [3.63, 3.8) is 0 Å². The Kier molecular flexibility index (Phi) is 15.0. The predicted octanol–water partition coefficient (Wildman–Crippen LogP) is 7.98. The molecule has 0 amide bonds. The summed E-state index contributed by atoms with van der Waals surface area (Å²) in [5, 5.41) is 0. The number of benzene rings is 2. The van der Waals surface area contributed by atoms with E-state index >= 15 is 0 Å². The first-order chi connectivity index (χ1) is 17.9. The number of para-hydroxylation sites is 1. The summed E-state index contributed by atoms with van der Waals surface area (Å²) in [6, 6.07) is 18.7. The molecule has 37 heavy (non-hydrogen) atoms. The van der Waals surface area contributed by atoms with Crippen LogP contribution in [-0.2, 0) is 22.5 Å². The summed E-state index contributed by atoms with van der Waals surface area (Å²) in [6.45, 7) is 6.51. The first-order valence-corrected chi connectivity index (χ1v) is 14.6. The summed E-state index contributed by atoms with van der Waals surface area (Å²) < 4.78 is 12.3. The second kappa shape index (κ2) is 18.0. The third kappa shape index (κ3) is 13.7. The van der Waals surface area contributed by atoms with Gasteiger partial charge in [-0.2, -0.15) is 0 Å². The molecular weight excluding hydrogens is 458 g/mol. The summed E-state index contributed by atoms with van der Waals surface area (Å²) in [5.41, 5.74) is 2.53. The van der Waals surface area contributed by atoms with E-state index in [0.29, 0.717) is 6.61 Å². The lowest BCUT2D eigenvalue weighted by molar-refractivity contribution is -0.905. The zero-order valence-electron chi connectivity index (χ0n) is 24.1. The van der Waals surface area contributed by atoms with E-state index in [4.69, 9.17) is 9.47 Å². The Balaban J connectivity index is 1.62. The van der Waals surface area contributed by atoms with Gasteiger partial charge in [0.15, 0.2) is 0 Å². The Morgan fingerprint density at radius 2 is 1.38 bits per heavy atom. The molecule has 1 atom stereocenters. The van der Waals surface area contributed by atoms with E-state index in [1.807, 2.05) is 25.1 Å². The van der Waals surface area contributed by atoms with Crippen molar-refractivity contribution in [2.45, 2.75) is 91.0 Å². The van der Waals surface area contributed by atoms with Crippen LogP contribution in [0.25, 0.3) is 0 Å². The highest BCUT2D eigenvalue weighted by Crippen LogP contribution is 2.21. The van der Waals surface area contributed by atoms with Gasteiger partial charge in [-0.1, -0.05) is 113 Å². The molecule has 0 bridgehead atoms. The lowest BCUT2D eigenvalue weighted by Crippen LogP contribution is -2.44. The van der Waals surface area contributed by atoms with Gasteiger partial charge in [0.1, 0.15) is 31.4 Å². The van der Waals surface area contributed by atoms with Crippen LogP contribution >= 0.6 is 0 Å². The molecule has 0 fully saturated rings. The van der Waals surface area contributed by atoms with Crippen LogP contribution < -0.4 is 4.74 Å². The van der Waals surface area contributed by atoms with Crippen LogP contribution in [0, 0.1) is 5.92 Å². The third-order valence-corrected chi connectivity index (χ3v) is 6.98. The van der Waals surface area contributed by atoms with Gasteiger partial charge in [-0.25, -0.2) is 0 Å². The maximum atomic E-state index is 12.6. The number of esters is 1. The van der Waals surface area contributed by atoms with Gasteiger partial charge >= 0.3 is 5.97 Å². The van der Waals surface area contributed by atoms with Crippen molar-refractivity contribution in [3.8, 4) is 5.75 Å². The predicted molar refractivity (Wildman–Crippen MR) is 155 cm³/mol. The topological polar surface area (TPSA) is 35.5 Å². The summed E-state index contributed by atoms with van der Waals surface area (Å²) in [7, 11) is 4.32. The second-order valence-corrected chi connectivity index (χ2v) is 11.2. The van der Waals surface area contributed by atoms with Gasteiger partial charge in [-0.3, -0.25) is 4.79 Å². The minimum absolute atomic E-state index is 0.151. The van der Waals surface area contributed by atoms with E-state index in [0.717, 1.165) is 29.7 Å². The van der Waals surface area contributed by atoms with Crippen molar-refractivity contribution < 1.29 is 18.8 Å². The smallest absolute Gasteiger partial charge is 0.314 e. The molecule has 4 heteroatoms. The van der Waals surface area contributed by atoms with Crippen LogP contribution in [0.3, 0.4) is 0 Å². The van der Waals surface area contributed by atoms with Crippen LogP contribution in [0.2, 0.25) is 0 Å². The molecule has 2 rings (SSSR count). The number of carbonyl (C=O) groups excluding carboxylic acids is 1. The molecular formula is C33H52NO3+. The van der Waals surface area contributed by atoms with Crippen LogP contribution in [0.4, 0.5) is 0 Å². The van der Waals surface area contributed by atoms with E-state index in [2.05, 4.69) is 57.4 Å². The maximum Gasteiger partial charge on any atom is 0.314 e. The van der Waals surface area contributed by atoms with E-state index in [1.54, 1.807) is 0 Å². The average molecular weight is 511 g/mol.